The molecule has 1 aromatic carbocycles. The highest BCUT2D eigenvalue weighted by atomic mass is 127. The van der Waals surface area contributed by atoms with Gasteiger partial charge in [0.2, 0.25) is 0 Å². The normalized spacial score (nSPS) is 24.7. The van der Waals surface area contributed by atoms with Crippen LogP contribution in [0, 0.1) is 11.3 Å². The number of hydrogen-bond donors (Lipinski definition) is 0. The zero-order valence-electron chi connectivity index (χ0n) is 10.6. The van der Waals surface area contributed by atoms with Gasteiger partial charge in [-0.2, -0.15) is 5.26 Å². The van der Waals surface area contributed by atoms with Gasteiger partial charge in [0.15, 0.2) is 0 Å². The maximum absolute atomic E-state index is 11.8. The number of nitriles is 1. The van der Waals surface area contributed by atoms with E-state index in [4.69, 9.17) is 4.74 Å². The number of carbonyl (C=O) groups is 1. The Bertz CT molecular complexity index is 486. The molecule has 1 aromatic rings. The molecule has 1 heterocycles. The lowest BCUT2D eigenvalue weighted by molar-refractivity contribution is -0.146. The summed E-state index contributed by atoms with van der Waals surface area (Å²) in [5, 5.41) is 9.45. The molecular weight excluding hydrogens is 355 g/mol. The molecule has 19 heavy (non-hydrogen) atoms. The molecule has 0 bridgehead atoms. The molecule has 4 nitrogen and oxygen atoms in total. The van der Waals surface area contributed by atoms with Gasteiger partial charge >= 0.3 is 5.97 Å². The Balaban J connectivity index is 2.27. The van der Waals surface area contributed by atoms with E-state index in [1.165, 1.54) is 7.11 Å². The van der Waals surface area contributed by atoms with Gasteiger partial charge in [0, 0.05) is 10.5 Å². The highest BCUT2D eigenvalue weighted by Gasteiger charge is 2.40. The monoisotopic (exact) mass is 370 g/mol. The van der Waals surface area contributed by atoms with Crippen LogP contribution in [-0.2, 0) is 9.53 Å². The maximum atomic E-state index is 11.8. The molecule has 3 atom stereocenters. The van der Waals surface area contributed by atoms with Gasteiger partial charge in [-0.1, -0.05) is 52.9 Å². The first kappa shape index (κ1) is 14.3. The van der Waals surface area contributed by atoms with E-state index in [2.05, 4.69) is 28.7 Å². The summed E-state index contributed by atoms with van der Waals surface area (Å²) in [5.74, 6) is -0.254. The number of nitrogens with zero attached hydrogens (tertiary/aromatic N) is 2. The number of carbonyl (C=O) groups excluding carboxylic acids is 1. The minimum absolute atomic E-state index is 0.254. The minimum atomic E-state index is -0.398. The molecule has 0 spiro atoms. The summed E-state index contributed by atoms with van der Waals surface area (Å²) >= 11 is 2.32. The number of benzene rings is 1. The van der Waals surface area contributed by atoms with Gasteiger partial charge in [-0.25, -0.2) is 0 Å². The molecule has 1 aliphatic rings. The van der Waals surface area contributed by atoms with E-state index in [0.717, 1.165) is 18.5 Å². The summed E-state index contributed by atoms with van der Waals surface area (Å²) in [6.07, 6.45) is 0.734. The smallest absolute Gasteiger partial charge is 0.323 e. The fourth-order valence-corrected chi connectivity index (χ4v) is 3.37. The standard InChI is InChI=1S/C14H15IN2O2/c1-19-14(18)12-7-11(15)9-17(12)13(8-16)10-5-3-2-4-6-10/h2-6,11-13H,7,9H2,1H3/t11-,12-,13+/m0/s1. The molecule has 0 radical (unpaired) electrons. The molecule has 5 heteroatoms. The molecule has 0 amide bonds. The zero-order valence-corrected chi connectivity index (χ0v) is 12.8. The van der Waals surface area contributed by atoms with Crippen molar-refractivity contribution in [1.82, 2.24) is 4.90 Å². The number of methoxy groups -OCH3 is 1. The zero-order chi connectivity index (χ0) is 13.8. The lowest BCUT2D eigenvalue weighted by Crippen LogP contribution is -2.39. The summed E-state index contributed by atoms with van der Waals surface area (Å²) < 4.78 is 5.21. The Labute approximate surface area is 126 Å². The van der Waals surface area contributed by atoms with Gasteiger partial charge in [0.05, 0.1) is 13.2 Å². The third kappa shape index (κ3) is 3.07. The van der Waals surface area contributed by atoms with Gasteiger partial charge in [-0.15, -0.1) is 0 Å². The van der Waals surface area contributed by atoms with Crippen LogP contribution in [0.25, 0.3) is 0 Å². The highest BCUT2D eigenvalue weighted by molar-refractivity contribution is 14.1. The van der Waals surface area contributed by atoms with E-state index < -0.39 is 6.04 Å². The Morgan fingerprint density at radius 1 is 1.53 bits per heavy atom. The first-order valence-corrected chi connectivity index (χ1v) is 7.34. The van der Waals surface area contributed by atoms with E-state index in [1.807, 2.05) is 35.2 Å². The summed E-state index contributed by atoms with van der Waals surface area (Å²) in [6, 6.07) is 11.2. The molecule has 1 fully saturated rings. The van der Waals surface area contributed by atoms with Crippen LogP contribution in [-0.4, -0.2) is 34.5 Å². The third-order valence-corrected chi connectivity index (χ3v) is 4.23. The summed E-state index contributed by atoms with van der Waals surface area (Å²) in [4.78, 5) is 13.8. The molecule has 0 saturated carbocycles. The van der Waals surface area contributed by atoms with E-state index >= 15 is 0 Å². The van der Waals surface area contributed by atoms with Gasteiger partial charge in [-0.05, 0) is 12.0 Å². The summed E-state index contributed by atoms with van der Waals surface area (Å²) in [7, 11) is 1.39. The van der Waals surface area contributed by atoms with E-state index in [1.54, 1.807) is 0 Å². The number of rotatable bonds is 3. The van der Waals surface area contributed by atoms with Crippen LogP contribution in [0.2, 0.25) is 0 Å². The van der Waals surface area contributed by atoms with Crippen LogP contribution in [0.4, 0.5) is 0 Å². The molecule has 1 aliphatic heterocycles. The van der Waals surface area contributed by atoms with Gasteiger partial charge in [0.1, 0.15) is 12.1 Å². The summed E-state index contributed by atoms with van der Waals surface area (Å²) in [5.41, 5.74) is 0.921. The van der Waals surface area contributed by atoms with Crippen LogP contribution in [0.5, 0.6) is 0 Å². The number of halogens is 1. The Hall–Kier alpha value is -1.13. The average Bonchev–Trinajstić information content (AvgIpc) is 2.82. The number of alkyl halides is 1. The van der Waals surface area contributed by atoms with Gasteiger partial charge in [-0.3, -0.25) is 9.69 Å². The van der Waals surface area contributed by atoms with Crippen molar-refractivity contribution in [2.75, 3.05) is 13.7 Å². The first-order chi connectivity index (χ1) is 9.17. The second kappa shape index (κ2) is 6.35. The molecule has 2 rings (SSSR count). The quantitative estimate of drug-likeness (QED) is 0.466. The second-order valence-electron chi connectivity index (χ2n) is 4.51. The van der Waals surface area contributed by atoms with Crippen molar-refractivity contribution < 1.29 is 9.53 Å². The van der Waals surface area contributed by atoms with E-state index in [-0.39, 0.29) is 12.0 Å². The van der Waals surface area contributed by atoms with Crippen LogP contribution in [0.1, 0.15) is 18.0 Å². The number of esters is 1. The van der Waals surface area contributed by atoms with Crippen molar-refractivity contribution >= 4 is 28.6 Å². The summed E-state index contributed by atoms with van der Waals surface area (Å²) in [6.45, 7) is 0.730. The van der Waals surface area contributed by atoms with E-state index in [9.17, 15) is 10.1 Å². The largest absolute Gasteiger partial charge is 0.468 e. The number of hydrogen-bond acceptors (Lipinski definition) is 4. The maximum Gasteiger partial charge on any atom is 0.323 e. The fourth-order valence-electron chi connectivity index (χ4n) is 2.44. The number of ether oxygens (including phenoxy) is 1. The van der Waals surface area contributed by atoms with Crippen molar-refractivity contribution in [2.24, 2.45) is 0 Å². The Morgan fingerprint density at radius 3 is 2.79 bits per heavy atom. The Morgan fingerprint density at radius 2 is 2.21 bits per heavy atom. The second-order valence-corrected chi connectivity index (χ2v) is 6.27. The highest BCUT2D eigenvalue weighted by Crippen LogP contribution is 2.32. The third-order valence-electron chi connectivity index (χ3n) is 3.33. The van der Waals surface area contributed by atoms with Crippen LogP contribution in [0.3, 0.4) is 0 Å². The van der Waals surface area contributed by atoms with Crippen molar-refractivity contribution in [3.63, 3.8) is 0 Å². The molecule has 0 aliphatic carbocycles. The Kier molecular flexibility index (Phi) is 4.77. The molecule has 0 N–H and O–H groups in total. The molecule has 1 saturated heterocycles. The van der Waals surface area contributed by atoms with Crippen LogP contribution in [0.15, 0.2) is 30.3 Å². The number of likely N-dealkylation sites (tertiary alicyclic amines) is 1. The van der Waals surface area contributed by atoms with Crippen LogP contribution < -0.4 is 0 Å². The van der Waals surface area contributed by atoms with Crippen LogP contribution >= 0.6 is 22.6 Å². The molecule has 0 unspecified atom stereocenters. The molecule has 0 aromatic heterocycles. The SMILES string of the molecule is COC(=O)[C@@H]1C[C@H](I)CN1[C@H](C#N)c1ccccc1. The first-order valence-electron chi connectivity index (χ1n) is 6.09. The van der Waals surface area contributed by atoms with E-state index in [0.29, 0.717) is 3.92 Å². The lowest BCUT2D eigenvalue weighted by atomic mass is 10.1. The minimum Gasteiger partial charge on any atom is -0.468 e. The van der Waals surface area contributed by atoms with Crippen molar-refractivity contribution in [1.29, 1.82) is 5.26 Å². The van der Waals surface area contributed by atoms with Crippen molar-refractivity contribution in [3.05, 3.63) is 35.9 Å². The van der Waals surface area contributed by atoms with Gasteiger partial charge in [0.25, 0.3) is 0 Å². The van der Waals surface area contributed by atoms with Crippen molar-refractivity contribution in [2.45, 2.75) is 22.4 Å². The predicted molar refractivity (Wildman–Crippen MR) is 79.7 cm³/mol. The lowest BCUT2D eigenvalue weighted by Gasteiger charge is -2.27. The molecule has 100 valence electrons. The average molecular weight is 370 g/mol. The molecular formula is C14H15IN2O2. The van der Waals surface area contributed by atoms with Crippen molar-refractivity contribution in [3.8, 4) is 6.07 Å². The predicted octanol–water partition coefficient (Wildman–Crippen LogP) is 2.30. The topological polar surface area (TPSA) is 53.3 Å². The van der Waals surface area contributed by atoms with Gasteiger partial charge < -0.3 is 4.74 Å². The fraction of sp³-hybridized carbons (Fsp3) is 0.429.